The van der Waals surface area contributed by atoms with Gasteiger partial charge in [-0.2, -0.15) is 0 Å². The van der Waals surface area contributed by atoms with Gasteiger partial charge in [-0.05, 0) is 82.9 Å². The molecule has 0 bridgehead atoms. The Morgan fingerprint density at radius 1 is 0.457 bits per heavy atom. The van der Waals surface area contributed by atoms with Crippen LogP contribution in [0.5, 0.6) is 0 Å². The first-order valence-corrected chi connectivity index (χ1v) is 15.3. The fourth-order valence-electron chi connectivity index (χ4n) is 6.36. The molecule has 216 valence electrons. The van der Waals surface area contributed by atoms with Crippen LogP contribution in [0.4, 0.5) is 0 Å². The molecule has 5 aromatic carbocycles. The van der Waals surface area contributed by atoms with Crippen LogP contribution in [-0.4, -0.2) is 23.9 Å². The first kappa shape index (κ1) is 26.1. The van der Waals surface area contributed by atoms with Crippen LogP contribution in [0.3, 0.4) is 0 Å². The molecule has 0 N–H and O–H groups in total. The predicted octanol–water partition coefficient (Wildman–Crippen LogP) is 9.89. The van der Waals surface area contributed by atoms with Crippen molar-refractivity contribution in [2.75, 3.05) is 0 Å². The van der Waals surface area contributed by atoms with Crippen molar-refractivity contribution < 1.29 is 0 Å². The van der Waals surface area contributed by atoms with Gasteiger partial charge in [-0.3, -0.25) is 0 Å². The fraction of sp³-hybridized carbons (Fsp3) is 0. The Morgan fingerprint density at radius 3 is 1.61 bits per heavy atom. The van der Waals surface area contributed by atoms with E-state index >= 15 is 0 Å². The summed E-state index contributed by atoms with van der Waals surface area (Å²) in [5, 5.41) is 2.45. The number of rotatable bonds is 5. The Labute approximate surface area is 265 Å². The van der Waals surface area contributed by atoms with Gasteiger partial charge in [0.1, 0.15) is 5.65 Å². The fourth-order valence-corrected chi connectivity index (χ4v) is 6.36. The molecule has 0 saturated carbocycles. The van der Waals surface area contributed by atoms with Gasteiger partial charge in [0.15, 0.2) is 5.82 Å². The number of benzene rings is 5. The number of imidazole rings is 1. The Bertz CT molecular complexity index is 2360. The molecule has 5 heteroatoms. The zero-order chi connectivity index (χ0) is 30.5. The third-order valence-corrected chi connectivity index (χ3v) is 8.67. The smallest absolute Gasteiger partial charge is 0.159 e. The van der Waals surface area contributed by atoms with Gasteiger partial charge < -0.3 is 8.97 Å². The Hall–Kier alpha value is -6.33. The average molecular weight is 590 g/mol. The maximum atomic E-state index is 4.70. The van der Waals surface area contributed by atoms with Crippen molar-refractivity contribution in [2.45, 2.75) is 0 Å². The molecule has 9 rings (SSSR count). The number of fused-ring (bicyclic) bond motifs is 4. The molecule has 4 aromatic heterocycles. The molecule has 0 aliphatic heterocycles. The van der Waals surface area contributed by atoms with Gasteiger partial charge >= 0.3 is 0 Å². The standard InChI is InChI=1S/C41H27N5/c1-3-9-28(10-4-1)31-16-20-38-35(23-31)36-24-32(29-11-5-2-6-12-29)17-21-39(36)46(38)34-18-14-30(15-19-34)41-42-25-33(26-43-41)37-27-45-22-8-7-13-40(45)44-37/h1-27H. The number of nitrogens with zero attached hydrogens (tertiary/aromatic N) is 5. The zero-order valence-corrected chi connectivity index (χ0v) is 24.8. The van der Waals surface area contributed by atoms with E-state index < -0.39 is 0 Å². The maximum Gasteiger partial charge on any atom is 0.159 e. The predicted molar refractivity (Wildman–Crippen MR) is 187 cm³/mol. The van der Waals surface area contributed by atoms with Crippen LogP contribution in [0.2, 0.25) is 0 Å². The lowest BCUT2D eigenvalue weighted by atomic mass is 10.0. The van der Waals surface area contributed by atoms with Crippen molar-refractivity contribution in [1.29, 1.82) is 0 Å². The van der Waals surface area contributed by atoms with Gasteiger partial charge in [0.2, 0.25) is 0 Å². The van der Waals surface area contributed by atoms with E-state index in [4.69, 9.17) is 15.0 Å². The maximum absolute atomic E-state index is 4.70. The molecule has 0 saturated heterocycles. The average Bonchev–Trinajstić information content (AvgIpc) is 3.71. The second-order valence-electron chi connectivity index (χ2n) is 11.5. The summed E-state index contributed by atoms with van der Waals surface area (Å²) >= 11 is 0. The topological polar surface area (TPSA) is 48.0 Å². The molecule has 46 heavy (non-hydrogen) atoms. The van der Waals surface area contributed by atoms with Crippen molar-refractivity contribution in [2.24, 2.45) is 0 Å². The highest BCUT2D eigenvalue weighted by Crippen LogP contribution is 2.37. The molecular formula is C41H27N5. The van der Waals surface area contributed by atoms with Crippen LogP contribution in [0.25, 0.3) is 78.0 Å². The summed E-state index contributed by atoms with van der Waals surface area (Å²) < 4.78 is 4.35. The first-order valence-electron chi connectivity index (χ1n) is 15.3. The lowest BCUT2D eigenvalue weighted by Gasteiger charge is -2.10. The molecule has 0 fully saturated rings. The normalized spacial score (nSPS) is 11.5. The van der Waals surface area contributed by atoms with E-state index in [9.17, 15) is 0 Å². The number of hydrogen-bond acceptors (Lipinski definition) is 3. The summed E-state index contributed by atoms with van der Waals surface area (Å²) in [5.74, 6) is 0.682. The van der Waals surface area contributed by atoms with Crippen LogP contribution in [-0.2, 0) is 0 Å². The van der Waals surface area contributed by atoms with Crippen LogP contribution in [0.1, 0.15) is 0 Å². The SMILES string of the molecule is c1ccc(-c2ccc3c(c2)c2cc(-c4ccccc4)ccc2n3-c2ccc(-c3ncc(-c4cn5ccccc5n4)cn3)cc2)cc1. The highest BCUT2D eigenvalue weighted by molar-refractivity contribution is 6.11. The molecule has 0 aliphatic rings. The van der Waals surface area contributed by atoms with E-state index in [0.717, 1.165) is 28.2 Å². The minimum Gasteiger partial charge on any atom is -0.309 e. The van der Waals surface area contributed by atoms with E-state index in [1.165, 1.54) is 44.1 Å². The Balaban J connectivity index is 1.12. The summed E-state index contributed by atoms with van der Waals surface area (Å²) in [4.78, 5) is 14.1. The minimum absolute atomic E-state index is 0.682. The summed E-state index contributed by atoms with van der Waals surface area (Å²) in [6.45, 7) is 0. The molecule has 5 nitrogen and oxygen atoms in total. The largest absolute Gasteiger partial charge is 0.309 e. The molecular weight excluding hydrogens is 562 g/mol. The minimum atomic E-state index is 0.682. The van der Waals surface area contributed by atoms with Crippen LogP contribution < -0.4 is 0 Å². The van der Waals surface area contributed by atoms with Gasteiger partial charge in [-0.25, -0.2) is 15.0 Å². The van der Waals surface area contributed by atoms with E-state index in [1.807, 2.05) is 47.4 Å². The number of aromatic nitrogens is 5. The van der Waals surface area contributed by atoms with Crippen LogP contribution >= 0.6 is 0 Å². The summed E-state index contributed by atoms with van der Waals surface area (Å²) in [6.07, 6.45) is 7.68. The summed E-state index contributed by atoms with van der Waals surface area (Å²) in [5.41, 5.74) is 11.9. The zero-order valence-electron chi connectivity index (χ0n) is 24.8. The van der Waals surface area contributed by atoms with Crippen molar-refractivity contribution in [3.8, 4) is 50.6 Å². The summed E-state index contributed by atoms with van der Waals surface area (Å²) in [7, 11) is 0. The third kappa shape index (κ3) is 4.45. The van der Waals surface area contributed by atoms with Crippen molar-refractivity contribution in [3.63, 3.8) is 0 Å². The van der Waals surface area contributed by atoms with Gasteiger partial charge in [-0.1, -0.05) is 78.9 Å². The molecule has 0 atom stereocenters. The van der Waals surface area contributed by atoms with Crippen LogP contribution in [0, 0.1) is 0 Å². The van der Waals surface area contributed by atoms with Crippen molar-refractivity contribution in [3.05, 3.63) is 164 Å². The highest BCUT2D eigenvalue weighted by atomic mass is 15.0. The lowest BCUT2D eigenvalue weighted by molar-refractivity contribution is 1.16. The molecule has 0 radical (unpaired) electrons. The van der Waals surface area contributed by atoms with E-state index in [1.54, 1.807) is 0 Å². The van der Waals surface area contributed by atoms with Crippen molar-refractivity contribution >= 4 is 27.5 Å². The Kier molecular flexibility index (Phi) is 6.06. The van der Waals surface area contributed by atoms with Gasteiger partial charge in [-0.15, -0.1) is 0 Å². The first-order chi connectivity index (χ1) is 22.8. The van der Waals surface area contributed by atoms with Crippen LogP contribution in [0.15, 0.2) is 164 Å². The molecule has 0 spiro atoms. The van der Waals surface area contributed by atoms with Gasteiger partial charge in [0, 0.05) is 52.4 Å². The summed E-state index contributed by atoms with van der Waals surface area (Å²) in [6, 6.07) is 49.2. The molecule has 0 amide bonds. The second kappa shape index (κ2) is 10.7. The van der Waals surface area contributed by atoms with Gasteiger partial charge in [0.05, 0.1) is 16.7 Å². The lowest BCUT2D eigenvalue weighted by Crippen LogP contribution is -1.95. The monoisotopic (exact) mass is 589 g/mol. The Morgan fingerprint density at radius 2 is 1.02 bits per heavy atom. The molecule has 0 unspecified atom stereocenters. The number of hydrogen-bond donors (Lipinski definition) is 0. The molecule has 0 aliphatic carbocycles. The highest BCUT2D eigenvalue weighted by Gasteiger charge is 2.15. The van der Waals surface area contributed by atoms with E-state index in [-0.39, 0.29) is 0 Å². The van der Waals surface area contributed by atoms with E-state index in [0.29, 0.717) is 5.82 Å². The van der Waals surface area contributed by atoms with Gasteiger partial charge in [0.25, 0.3) is 0 Å². The van der Waals surface area contributed by atoms with E-state index in [2.05, 4.69) is 126 Å². The quantitative estimate of drug-likeness (QED) is 0.201. The number of pyridine rings is 1. The second-order valence-corrected chi connectivity index (χ2v) is 11.5. The molecule has 4 heterocycles. The molecule has 9 aromatic rings. The van der Waals surface area contributed by atoms with Crippen molar-refractivity contribution in [1.82, 2.24) is 23.9 Å². The third-order valence-electron chi connectivity index (χ3n) is 8.67.